The van der Waals surface area contributed by atoms with Gasteiger partial charge in [0.1, 0.15) is 0 Å². The van der Waals surface area contributed by atoms with Crippen molar-refractivity contribution >= 4 is 49.4 Å². The van der Waals surface area contributed by atoms with Crippen LogP contribution in [-0.2, 0) is 0 Å². The molecule has 0 saturated heterocycles. The molecule has 0 aliphatic rings. The van der Waals surface area contributed by atoms with Gasteiger partial charge in [0.2, 0.25) is 0 Å². The van der Waals surface area contributed by atoms with E-state index in [4.69, 9.17) is 0 Å². The second-order valence-corrected chi connectivity index (χ2v) is 9.45. The molecule has 7 aromatic carbocycles. The molecule has 37 heavy (non-hydrogen) atoms. The first-order chi connectivity index (χ1) is 18.3. The highest BCUT2D eigenvalue weighted by Gasteiger charge is 2.17. The van der Waals surface area contributed by atoms with Gasteiger partial charge in [-0.3, -0.25) is 0 Å². The topological polar surface area (TPSA) is 3.24 Å². The number of hydrogen-bond acceptors (Lipinski definition) is 1. The number of nitrogens with zero attached hydrogens (tertiary/aromatic N) is 1. The first-order valence-corrected chi connectivity index (χ1v) is 12.7. The molecule has 0 aliphatic heterocycles. The van der Waals surface area contributed by atoms with E-state index < -0.39 is 0 Å². The normalized spacial score (nSPS) is 11.2. The maximum Gasteiger partial charge on any atom is 0.0540 e. The lowest BCUT2D eigenvalue weighted by molar-refractivity contribution is 1.28. The Morgan fingerprint density at radius 1 is 0.324 bits per heavy atom. The summed E-state index contributed by atoms with van der Waals surface area (Å²) in [6.07, 6.45) is 0. The van der Waals surface area contributed by atoms with E-state index in [1.54, 1.807) is 0 Å². The zero-order valence-electron chi connectivity index (χ0n) is 20.4. The zero-order valence-corrected chi connectivity index (χ0v) is 20.4. The smallest absolute Gasteiger partial charge is 0.0540 e. The Bertz CT molecular complexity index is 1830. The van der Waals surface area contributed by atoms with Crippen molar-refractivity contribution in [2.45, 2.75) is 0 Å². The van der Waals surface area contributed by atoms with Gasteiger partial charge in [0, 0.05) is 16.9 Å². The SMILES string of the molecule is c1ccc(N(c2ccccc2)c2ccccc2-c2cccc3cc4cc5ccccc5cc4cc23)cc1. The molecular weight excluding hydrogens is 446 g/mol. The quantitative estimate of drug-likeness (QED) is 0.231. The average molecular weight is 472 g/mol. The molecule has 0 spiro atoms. The van der Waals surface area contributed by atoms with Crippen LogP contribution in [0.15, 0.2) is 152 Å². The van der Waals surface area contributed by atoms with Crippen LogP contribution in [0.5, 0.6) is 0 Å². The van der Waals surface area contributed by atoms with Crippen molar-refractivity contribution in [3.63, 3.8) is 0 Å². The zero-order chi connectivity index (χ0) is 24.6. The Kier molecular flexibility index (Phi) is 5.19. The van der Waals surface area contributed by atoms with Crippen LogP contribution >= 0.6 is 0 Å². The first-order valence-electron chi connectivity index (χ1n) is 12.7. The minimum atomic E-state index is 1.14. The van der Waals surface area contributed by atoms with Gasteiger partial charge in [0.25, 0.3) is 0 Å². The maximum absolute atomic E-state index is 2.36. The van der Waals surface area contributed by atoms with E-state index >= 15 is 0 Å². The van der Waals surface area contributed by atoms with Crippen LogP contribution in [0.25, 0.3) is 43.4 Å². The van der Waals surface area contributed by atoms with E-state index in [2.05, 4.69) is 157 Å². The van der Waals surface area contributed by atoms with Gasteiger partial charge < -0.3 is 4.90 Å². The maximum atomic E-state index is 2.36. The van der Waals surface area contributed by atoms with E-state index in [1.165, 1.54) is 43.4 Å². The summed E-state index contributed by atoms with van der Waals surface area (Å²) in [5, 5.41) is 7.59. The van der Waals surface area contributed by atoms with Gasteiger partial charge >= 0.3 is 0 Å². The van der Waals surface area contributed by atoms with Crippen molar-refractivity contribution in [1.82, 2.24) is 0 Å². The van der Waals surface area contributed by atoms with E-state index in [0.29, 0.717) is 0 Å². The third kappa shape index (κ3) is 3.82. The van der Waals surface area contributed by atoms with Crippen molar-refractivity contribution in [3.05, 3.63) is 152 Å². The van der Waals surface area contributed by atoms with E-state index in [1.807, 2.05) is 0 Å². The van der Waals surface area contributed by atoms with Gasteiger partial charge in [-0.05, 0) is 92.5 Å². The third-order valence-electron chi connectivity index (χ3n) is 7.17. The second kappa shape index (κ2) is 8.96. The summed E-state index contributed by atoms with van der Waals surface area (Å²) in [4.78, 5) is 2.35. The molecule has 7 aromatic rings. The Hall–Kier alpha value is -4.88. The number of benzene rings is 7. The summed E-state index contributed by atoms with van der Waals surface area (Å²) in [5.74, 6) is 0. The molecule has 0 aliphatic carbocycles. The molecule has 0 heterocycles. The molecule has 0 N–H and O–H groups in total. The molecule has 0 saturated carbocycles. The van der Waals surface area contributed by atoms with Gasteiger partial charge in [0.15, 0.2) is 0 Å². The van der Waals surface area contributed by atoms with Crippen molar-refractivity contribution < 1.29 is 0 Å². The van der Waals surface area contributed by atoms with Crippen LogP contribution in [0.1, 0.15) is 0 Å². The van der Waals surface area contributed by atoms with E-state index in [-0.39, 0.29) is 0 Å². The van der Waals surface area contributed by atoms with Crippen molar-refractivity contribution in [2.75, 3.05) is 4.90 Å². The van der Waals surface area contributed by atoms with Gasteiger partial charge in [0.05, 0.1) is 5.69 Å². The van der Waals surface area contributed by atoms with Crippen molar-refractivity contribution in [2.24, 2.45) is 0 Å². The summed E-state index contributed by atoms with van der Waals surface area (Å²) in [5.41, 5.74) is 5.88. The largest absolute Gasteiger partial charge is 0.310 e. The highest BCUT2D eigenvalue weighted by atomic mass is 15.1. The predicted octanol–water partition coefficient (Wildman–Crippen LogP) is 10.3. The molecule has 0 unspecified atom stereocenters. The predicted molar refractivity (Wildman–Crippen MR) is 159 cm³/mol. The van der Waals surface area contributed by atoms with E-state index in [0.717, 1.165) is 17.1 Å². The molecule has 1 nitrogen and oxygen atoms in total. The fourth-order valence-electron chi connectivity index (χ4n) is 5.43. The third-order valence-corrected chi connectivity index (χ3v) is 7.17. The van der Waals surface area contributed by atoms with Crippen molar-refractivity contribution in [3.8, 4) is 11.1 Å². The minimum Gasteiger partial charge on any atom is -0.310 e. The summed E-state index contributed by atoms with van der Waals surface area (Å²) < 4.78 is 0. The molecule has 1 heteroatoms. The molecule has 0 bridgehead atoms. The van der Waals surface area contributed by atoms with Crippen LogP contribution in [0.2, 0.25) is 0 Å². The molecule has 7 rings (SSSR count). The molecule has 174 valence electrons. The fraction of sp³-hybridized carbons (Fsp3) is 0. The number of fused-ring (bicyclic) bond motifs is 3. The molecule has 0 fully saturated rings. The van der Waals surface area contributed by atoms with Gasteiger partial charge in [-0.2, -0.15) is 0 Å². The Morgan fingerprint density at radius 3 is 1.49 bits per heavy atom. The Balaban J connectivity index is 1.48. The van der Waals surface area contributed by atoms with E-state index in [9.17, 15) is 0 Å². The second-order valence-electron chi connectivity index (χ2n) is 9.45. The minimum absolute atomic E-state index is 1.14. The summed E-state index contributed by atoms with van der Waals surface area (Å²) in [7, 11) is 0. The number of hydrogen-bond donors (Lipinski definition) is 0. The molecule has 0 radical (unpaired) electrons. The number of para-hydroxylation sites is 3. The summed E-state index contributed by atoms with van der Waals surface area (Å²) in [6.45, 7) is 0. The highest BCUT2D eigenvalue weighted by molar-refractivity contribution is 6.09. The molecular formula is C36H25N. The van der Waals surface area contributed by atoms with Crippen LogP contribution in [0.4, 0.5) is 17.1 Å². The van der Waals surface area contributed by atoms with Gasteiger partial charge in [-0.1, -0.05) is 97.1 Å². The van der Waals surface area contributed by atoms with Gasteiger partial charge in [-0.15, -0.1) is 0 Å². The van der Waals surface area contributed by atoms with Crippen LogP contribution in [0.3, 0.4) is 0 Å². The monoisotopic (exact) mass is 471 g/mol. The van der Waals surface area contributed by atoms with Crippen molar-refractivity contribution in [1.29, 1.82) is 0 Å². The first kappa shape index (κ1) is 21.4. The Morgan fingerprint density at radius 2 is 0.811 bits per heavy atom. The number of anilines is 3. The summed E-state index contributed by atoms with van der Waals surface area (Å²) >= 11 is 0. The Labute approximate surface area is 216 Å². The van der Waals surface area contributed by atoms with Crippen LogP contribution < -0.4 is 4.90 Å². The molecule has 0 amide bonds. The average Bonchev–Trinajstić information content (AvgIpc) is 2.96. The van der Waals surface area contributed by atoms with Gasteiger partial charge in [-0.25, -0.2) is 0 Å². The van der Waals surface area contributed by atoms with Crippen LogP contribution in [0, 0.1) is 0 Å². The standard InChI is InChI=1S/C36H25N/c1-3-15-31(16-4-1)37(32-17-5-2-6-18-32)36-21-10-9-19-34(36)33-20-11-14-28-24-29-22-26-12-7-8-13-27(26)23-30(29)25-35(28)33/h1-25H. The fourth-order valence-corrected chi connectivity index (χ4v) is 5.43. The summed E-state index contributed by atoms with van der Waals surface area (Å²) in [6, 6.07) is 54.5. The lowest BCUT2D eigenvalue weighted by atomic mass is 9.93. The van der Waals surface area contributed by atoms with Crippen LogP contribution in [-0.4, -0.2) is 0 Å². The lowest BCUT2D eigenvalue weighted by Crippen LogP contribution is -2.10. The lowest BCUT2D eigenvalue weighted by Gasteiger charge is -2.28. The molecule has 0 aromatic heterocycles. The highest BCUT2D eigenvalue weighted by Crippen LogP contribution is 2.43. The number of rotatable bonds is 4. The molecule has 0 atom stereocenters.